The van der Waals surface area contributed by atoms with Gasteiger partial charge in [-0.1, -0.05) is 0 Å². The van der Waals surface area contributed by atoms with E-state index in [1.165, 1.54) is 0 Å². The van der Waals surface area contributed by atoms with Crippen LogP contribution in [0.5, 0.6) is 5.75 Å². The molecule has 1 aromatic heterocycles. The van der Waals surface area contributed by atoms with Gasteiger partial charge in [-0.2, -0.15) is 0 Å². The van der Waals surface area contributed by atoms with Crippen molar-refractivity contribution < 1.29 is 9.53 Å². The smallest absolute Gasteiger partial charge is 0.246 e. The van der Waals surface area contributed by atoms with Gasteiger partial charge in [0.2, 0.25) is 5.91 Å². The van der Waals surface area contributed by atoms with Crippen LogP contribution in [-0.2, 0) is 4.79 Å². The Morgan fingerprint density at radius 3 is 3.05 bits per heavy atom. The minimum Gasteiger partial charge on any atom is -0.493 e. The monoisotopic (exact) mass is 264 g/mol. The predicted molar refractivity (Wildman–Crippen MR) is 73.5 cm³/mol. The number of carbonyl (C=O) groups excluding carboxylic acids is 1. The molecule has 6 heteroatoms. The van der Waals surface area contributed by atoms with E-state index in [9.17, 15) is 4.79 Å². The van der Waals surface area contributed by atoms with Gasteiger partial charge in [-0.3, -0.25) is 4.79 Å². The Labute approximate surface area is 113 Å². The zero-order chi connectivity index (χ0) is 13.8. The van der Waals surface area contributed by atoms with Gasteiger partial charge in [-0.25, -0.2) is 4.98 Å². The predicted octanol–water partition coefficient (Wildman–Crippen LogP) is -0.0434. The molecule has 0 saturated carbocycles. The van der Waals surface area contributed by atoms with E-state index in [1.54, 1.807) is 32.3 Å². The summed E-state index contributed by atoms with van der Waals surface area (Å²) in [6, 6.07) is 3.45. The summed E-state index contributed by atoms with van der Waals surface area (Å²) in [7, 11) is 5.15. The third-order valence-electron chi connectivity index (χ3n) is 3.21. The molecule has 1 saturated heterocycles. The van der Waals surface area contributed by atoms with Gasteiger partial charge >= 0.3 is 0 Å². The van der Waals surface area contributed by atoms with Crippen LogP contribution < -0.4 is 15.0 Å². The standard InChI is InChI=1S/C13H20N4O2/c1-16(2)13(18)10-9-14-7-8-17(10)12-11(19-3)5-4-6-15-12/h4-6,10,14H,7-9H2,1-3H3. The molecule has 1 N–H and O–H groups in total. The van der Waals surface area contributed by atoms with E-state index in [-0.39, 0.29) is 11.9 Å². The Hall–Kier alpha value is -1.82. The second-order valence-electron chi connectivity index (χ2n) is 4.68. The largest absolute Gasteiger partial charge is 0.493 e. The molecular formula is C13H20N4O2. The third-order valence-corrected chi connectivity index (χ3v) is 3.21. The molecule has 2 rings (SSSR count). The number of likely N-dealkylation sites (N-methyl/N-ethyl adjacent to an activating group) is 1. The van der Waals surface area contributed by atoms with E-state index >= 15 is 0 Å². The lowest BCUT2D eigenvalue weighted by Gasteiger charge is -2.37. The maximum absolute atomic E-state index is 12.3. The van der Waals surface area contributed by atoms with Crippen molar-refractivity contribution in [2.24, 2.45) is 0 Å². The first-order valence-corrected chi connectivity index (χ1v) is 6.32. The highest BCUT2D eigenvalue weighted by atomic mass is 16.5. The number of nitrogens with one attached hydrogen (secondary N) is 1. The normalized spacial score (nSPS) is 19.1. The number of aromatic nitrogens is 1. The fraction of sp³-hybridized carbons (Fsp3) is 0.538. The lowest BCUT2D eigenvalue weighted by Crippen LogP contribution is -2.58. The number of amides is 1. The van der Waals surface area contributed by atoms with Crippen LogP contribution in [0.15, 0.2) is 18.3 Å². The highest BCUT2D eigenvalue weighted by Crippen LogP contribution is 2.27. The number of anilines is 1. The summed E-state index contributed by atoms with van der Waals surface area (Å²) in [5.41, 5.74) is 0. The molecular weight excluding hydrogens is 244 g/mol. The van der Waals surface area contributed by atoms with Crippen LogP contribution in [0.2, 0.25) is 0 Å². The topological polar surface area (TPSA) is 57.7 Å². The quantitative estimate of drug-likeness (QED) is 0.830. The second-order valence-corrected chi connectivity index (χ2v) is 4.68. The number of hydrogen-bond acceptors (Lipinski definition) is 5. The number of nitrogens with zero attached hydrogens (tertiary/aromatic N) is 3. The van der Waals surface area contributed by atoms with Gasteiger partial charge in [0.25, 0.3) is 0 Å². The lowest BCUT2D eigenvalue weighted by molar-refractivity contribution is -0.130. The molecule has 0 bridgehead atoms. The van der Waals surface area contributed by atoms with Crippen molar-refractivity contribution in [3.63, 3.8) is 0 Å². The first kappa shape index (κ1) is 13.6. The van der Waals surface area contributed by atoms with Crippen molar-refractivity contribution in [1.29, 1.82) is 0 Å². The zero-order valence-corrected chi connectivity index (χ0v) is 11.6. The SMILES string of the molecule is COc1cccnc1N1CCNCC1C(=O)N(C)C. The van der Waals surface area contributed by atoms with E-state index in [2.05, 4.69) is 10.3 Å². The highest BCUT2D eigenvalue weighted by Gasteiger charge is 2.32. The maximum atomic E-state index is 12.3. The molecule has 1 aliphatic heterocycles. The third kappa shape index (κ3) is 2.78. The van der Waals surface area contributed by atoms with Crippen molar-refractivity contribution >= 4 is 11.7 Å². The average Bonchev–Trinajstić information content (AvgIpc) is 2.46. The van der Waals surface area contributed by atoms with Gasteiger partial charge in [-0.05, 0) is 12.1 Å². The van der Waals surface area contributed by atoms with E-state index < -0.39 is 0 Å². The maximum Gasteiger partial charge on any atom is 0.246 e. The van der Waals surface area contributed by atoms with E-state index in [0.717, 1.165) is 18.9 Å². The first-order valence-electron chi connectivity index (χ1n) is 6.32. The summed E-state index contributed by atoms with van der Waals surface area (Å²) in [5, 5.41) is 3.25. The number of hydrogen-bond donors (Lipinski definition) is 1. The molecule has 0 aromatic carbocycles. The van der Waals surface area contributed by atoms with E-state index in [0.29, 0.717) is 12.3 Å². The molecule has 19 heavy (non-hydrogen) atoms. The lowest BCUT2D eigenvalue weighted by atomic mass is 10.1. The van der Waals surface area contributed by atoms with Crippen LogP contribution in [0.1, 0.15) is 0 Å². The number of piperazine rings is 1. The summed E-state index contributed by atoms with van der Waals surface area (Å²) in [6.45, 7) is 2.19. The molecule has 6 nitrogen and oxygen atoms in total. The van der Waals surface area contributed by atoms with Gasteiger partial charge in [0, 0.05) is 39.9 Å². The molecule has 1 amide bonds. The number of ether oxygens (including phenoxy) is 1. The van der Waals surface area contributed by atoms with Crippen molar-refractivity contribution in [3.8, 4) is 5.75 Å². The van der Waals surface area contributed by atoms with Crippen LogP contribution in [0.4, 0.5) is 5.82 Å². The Morgan fingerprint density at radius 2 is 2.37 bits per heavy atom. The van der Waals surface area contributed by atoms with E-state index in [4.69, 9.17) is 4.74 Å². The molecule has 1 atom stereocenters. The molecule has 0 spiro atoms. The van der Waals surface area contributed by atoms with Crippen molar-refractivity contribution in [1.82, 2.24) is 15.2 Å². The van der Waals surface area contributed by atoms with Crippen molar-refractivity contribution in [3.05, 3.63) is 18.3 Å². The highest BCUT2D eigenvalue weighted by molar-refractivity contribution is 5.85. The fourth-order valence-electron chi connectivity index (χ4n) is 2.23. The first-order chi connectivity index (χ1) is 9.15. The molecule has 1 aromatic rings. The van der Waals surface area contributed by atoms with Crippen LogP contribution in [0.25, 0.3) is 0 Å². The molecule has 1 unspecified atom stereocenters. The van der Waals surface area contributed by atoms with Gasteiger partial charge in [-0.15, -0.1) is 0 Å². The molecule has 0 radical (unpaired) electrons. The molecule has 104 valence electrons. The summed E-state index contributed by atoms with van der Waals surface area (Å²) in [4.78, 5) is 20.2. The second kappa shape index (κ2) is 5.88. The van der Waals surface area contributed by atoms with E-state index in [1.807, 2.05) is 17.0 Å². The fourth-order valence-corrected chi connectivity index (χ4v) is 2.23. The minimum atomic E-state index is -0.243. The summed E-state index contributed by atoms with van der Waals surface area (Å²) in [6.07, 6.45) is 1.72. The number of pyridine rings is 1. The minimum absolute atomic E-state index is 0.0694. The van der Waals surface area contributed by atoms with Gasteiger partial charge in [0.05, 0.1) is 7.11 Å². The number of rotatable bonds is 3. The summed E-state index contributed by atoms with van der Waals surface area (Å²) >= 11 is 0. The average molecular weight is 264 g/mol. The number of carbonyl (C=O) groups is 1. The molecule has 1 aliphatic rings. The van der Waals surface area contributed by atoms with Gasteiger partial charge in [0.15, 0.2) is 11.6 Å². The number of methoxy groups -OCH3 is 1. The Kier molecular flexibility index (Phi) is 4.21. The Morgan fingerprint density at radius 1 is 1.58 bits per heavy atom. The molecule has 2 heterocycles. The van der Waals surface area contributed by atoms with Crippen LogP contribution in [-0.4, -0.2) is 62.7 Å². The van der Waals surface area contributed by atoms with Crippen LogP contribution in [0, 0.1) is 0 Å². The van der Waals surface area contributed by atoms with Crippen LogP contribution >= 0.6 is 0 Å². The summed E-state index contributed by atoms with van der Waals surface area (Å²) < 4.78 is 5.34. The van der Waals surface area contributed by atoms with Gasteiger partial charge in [0.1, 0.15) is 6.04 Å². The summed E-state index contributed by atoms with van der Waals surface area (Å²) in [5.74, 6) is 1.49. The van der Waals surface area contributed by atoms with Crippen LogP contribution in [0.3, 0.4) is 0 Å². The van der Waals surface area contributed by atoms with Crippen molar-refractivity contribution in [2.75, 3.05) is 45.7 Å². The zero-order valence-electron chi connectivity index (χ0n) is 11.6. The van der Waals surface area contributed by atoms with Crippen molar-refractivity contribution in [2.45, 2.75) is 6.04 Å². The molecule has 0 aliphatic carbocycles. The Balaban J connectivity index is 2.31. The Bertz CT molecular complexity index is 450. The molecule has 1 fully saturated rings. The van der Waals surface area contributed by atoms with Gasteiger partial charge < -0.3 is 19.9 Å².